The van der Waals surface area contributed by atoms with E-state index in [1.165, 1.54) is 22.0 Å². The minimum Gasteiger partial charge on any atom is -0.399 e. The van der Waals surface area contributed by atoms with Crippen LogP contribution in [0, 0.1) is 0 Å². The maximum atomic E-state index is 5.79. The molecule has 0 fully saturated rings. The number of nitrogens with zero attached hydrogens (tertiary/aromatic N) is 4. The van der Waals surface area contributed by atoms with Crippen LogP contribution >= 0.6 is 0 Å². The van der Waals surface area contributed by atoms with Gasteiger partial charge in [0.2, 0.25) is 0 Å². The Labute approximate surface area is 176 Å². The number of rotatable bonds is 5. The number of nitrogens with two attached hydrogens (primary N) is 1. The van der Waals surface area contributed by atoms with Crippen molar-refractivity contribution in [2.24, 2.45) is 0 Å². The lowest BCUT2D eigenvalue weighted by molar-refractivity contribution is 0.243. The number of fused-ring (bicyclic) bond motifs is 2. The van der Waals surface area contributed by atoms with E-state index in [1.54, 1.807) is 0 Å². The molecule has 30 heavy (non-hydrogen) atoms. The topological polar surface area (TPSA) is 60.0 Å². The molecule has 0 unspecified atom stereocenters. The molecule has 2 aromatic carbocycles. The Kier molecular flexibility index (Phi) is 4.81. The van der Waals surface area contributed by atoms with Crippen molar-refractivity contribution in [3.05, 3.63) is 90.4 Å². The van der Waals surface area contributed by atoms with Crippen LogP contribution in [-0.4, -0.2) is 26.0 Å². The van der Waals surface area contributed by atoms with Gasteiger partial charge in [-0.2, -0.15) is 0 Å². The molecule has 1 aliphatic rings. The zero-order chi connectivity index (χ0) is 20.5. The van der Waals surface area contributed by atoms with Crippen molar-refractivity contribution in [3.8, 4) is 11.4 Å². The second-order valence-corrected chi connectivity index (χ2v) is 7.86. The molecule has 0 aliphatic carbocycles. The number of nitrogen functional groups attached to an aromatic ring is 1. The lowest BCUT2D eigenvalue weighted by Crippen LogP contribution is -2.30. The van der Waals surface area contributed by atoms with E-state index < -0.39 is 0 Å². The fourth-order valence-corrected chi connectivity index (χ4v) is 4.26. The summed E-state index contributed by atoms with van der Waals surface area (Å²) < 4.78 is 2.28. The standard InChI is InChI=1S/C25H25N5/c1-2-12-30-17-20(22-5-3-4-6-24(22)30)16-29-13-11-23-19(15-29)14-27-25(28-23)18-7-9-21(26)10-8-18/h2-10,14,17H,1,11-13,15-16,26H2. The number of para-hydroxylation sites is 1. The average Bonchev–Trinajstić information content (AvgIpc) is 3.12. The van der Waals surface area contributed by atoms with Crippen molar-refractivity contribution in [1.82, 2.24) is 19.4 Å². The fraction of sp³-hybridized carbons (Fsp3) is 0.200. The maximum Gasteiger partial charge on any atom is 0.159 e. The van der Waals surface area contributed by atoms with E-state index in [9.17, 15) is 0 Å². The number of hydrogen-bond donors (Lipinski definition) is 1. The van der Waals surface area contributed by atoms with E-state index in [-0.39, 0.29) is 0 Å². The van der Waals surface area contributed by atoms with Crippen molar-refractivity contribution < 1.29 is 0 Å². The lowest BCUT2D eigenvalue weighted by Gasteiger charge is -2.28. The summed E-state index contributed by atoms with van der Waals surface area (Å²) in [7, 11) is 0. The van der Waals surface area contributed by atoms with Gasteiger partial charge in [0.15, 0.2) is 5.82 Å². The van der Waals surface area contributed by atoms with Gasteiger partial charge in [-0.3, -0.25) is 4.90 Å². The van der Waals surface area contributed by atoms with Crippen LogP contribution in [0.25, 0.3) is 22.3 Å². The maximum absolute atomic E-state index is 5.79. The third-order valence-electron chi connectivity index (χ3n) is 5.77. The normalized spacial score (nSPS) is 14.0. The number of anilines is 1. The first-order valence-electron chi connectivity index (χ1n) is 10.3. The molecule has 0 spiro atoms. The minimum absolute atomic E-state index is 0.752. The predicted octanol–water partition coefficient (Wildman–Crippen LogP) is 4.42. The Bertz CT molecular complexity index is 1210. The fourth-order valence-electron chi connectivity index (χ4n) is 4.26. The molecule has 5 rings (SSSR count). The Balaban J connectivity index is 1.37. The first-order valence-corrected chi connectivity index (χ1v) is 10.3. The van der Waals surface area contributed by atoms with E-state index in [2.05, 4.69) is 51.5 Å². The number of aromatic nitrogens is 3. The molecule has 0 saturated heterocycles. The largest absolute Gasteiger partial charge is 0.399 e. The van der Waals surface area contributed by atoms with E-state index in [1.807, 2.05) is 36.5 Å². The van der Waals surface area contributed by atoms with Crippen molar-refractivity contribution in [1.29, 1.82) is 0 Å². The van der Waals surface area contributed by atoms with Gasteiger partial charge in [-0.05, 0) is 35.9 Å². The van der Waals surface area contributed by atoms with E-state index in [4.69, 9.17) is 10.7 Å². The van der Waals surface area contributed by atoms with Gasteiger partial charge in [0.25, 0.3) is 0 Å². The summed E-state index contributed by atoms with van der Waals surface area (Å²) in [4.78, 5) is 11.9. The van der Waals surface area contributed by atoms with Crippen LogP contribution in [0.5, 0.6) is 0 Å². The molecule has 0 radical (unpaired) electrons. The number of benzene rings is 2. The Morgan fingerprint density at radius 1 is 1.10 bits per heavy atom. The van der Waals surface area contributed by atoms with Crippen molar-refractivity contribution >= 4 is 16.6 Å². The van der Waals surface area contributed by atoms with Gasteiger partial charge in [-0.1, -0.05) is 24.3 Å². The highest BCUT2D eigenvalue weighted by molar-refractivity contribution is 5.84. The second-order valence-electron chi connectivity index (χ2n) is 7.86. The molecule has 3 heterocycles. The van der Waals surface area contributed by atoms with E-state index in [0.29, 0.717) is 0 Å². The molecule has 1 aliphatic heterocycles. The summed E-state index contributed by atoms with van der Waals surface area (Å²) in [5.74, 6) is 0.773. The summed E-state index contributed by atoms with van der Waals surface area (Å²) in [6, 6.07) is 16.3. The highest BCUT2D eigenvalue weighted by Crippen LogP contribution is 2.26. The first kappa shape index (κ1) is 18.6. The highest BCUT2D eigenvalue weighted by atomic mass is 15.1. The molecule has 0 atom stereocenters. The molecular weight excluding hydrogens is 370 g/mol. The first-order chi connectivity index (χ1) is 14.7. The van der Waals surface area contributed by atoms with Gasteiger partial charge < -0.3 is 10.3 Å². The van der Waals surface area contributed by atoms with Crippen LogP contribution in [0.15, 0.2) is 73.6 Å². The summed E-state index contributed by atoms with van der Waals surface area (Å²) in [5.41, 5.74) is 12.5. The Hall–Kier alpha value is -3.44. The molecule has 4 aromatic rings. The molecular formula is C25H25N5. The van der Waals surface area contributed by atoms with Crippen LogP contribution in [0.4, 0.5) is 5.69 Å². The van der Waals surface area contributed by atoms with E-state index >= 15 is 0 Å². The van der Waals surface area contributed by atoms with Gasteiger partial charge in [0.05, 0.1) is 5.69 Å². The van der Waals surface area contributed by atoms with E-state index in [0.717, 1.165) is 55.4 Å². The van der Waals surface area contributed by atoms with Crippen molar-refractivity contribution in [3.63, 3.8) is 0 Å². The van der Waals surface area contributed by atoms with Crippen LogP contribution in [0.2, 0.25) is 0 Å². The molecule has 5 heteroatoms. The van der Waals surface area contributed by atoms with Crippen LogP contribution in [0.1, 0.15) is 16.8 Å². The third-order valence-corrected chi connectivity index (χ3v) is 5.77. The highest BCUT2D eigenvalue weighted by Gasteiger charge is 2.20. The minimum atomic E-state index is 0.752. The van der Waals surface area contributed by atoms with Gasteiger partial charge >= 0.3 is 0 Å². The lowest BCUT2D eigenvalue weighted by atomic mass is 10.1. The SMILES string of the molecule is C=CCn1cc(CN2CCc3nc(-c4ccc(N)cc4)ncc3C2)c2ccccc21. The molecule has 150 valence electrons. The molecule has 2 aromatic heterocycles. The van der Waals surface area contributed by atoms with Crippen molar-refractivity contribution in [2.75, 3.05) is 12.3 Å². The molecule has 0 saturated carbocycles. The predicted molar refractivity (Wildman–Crippen MR) is 122 cm³/mol. The monoisotopic (exact) mass is 395 g/mol. The van der Waals surface area contributed by atoms with Crippen molar-refractivity contribution in [2.45, 2.75) is 26.1 Å². The third kappa shape index (κ3) is 3.48. The Morgan fingerprint density at radius 2 is 1.93 bits per heavy atom. The van der Waals surface area contributed by atoms with Gasteiger partial charge in [0, 0.05) is 72.7 Å². The summed E-state index contributed by atoms with van der Waals surface area (Å²) in [6.07, 6.45) is 7.14. The molecule has 0 bridgehead atoms. The van der Waals surface area contributed by atoms with Gasteiger partial charge in [-0.15, -0.1) is 6.58 Å². The molecule has 2 N–H and O–H groups in total. The van der Waals surface area contributed by atoms with Gasteiger partial charge in [0.1, 0.15) is 0 Å². The summed E-state index contributed by atoms with van der Waals surface area (Å²) >= 11 is 0. The summed E-state index contributed by atoms with van der Waals surface area (Å²) in [5, 5.41) is 1.32. The molecule has 5 nitrogen and oxygen atoms in total. The van der Waals surface area contributed by atoms with Crippen LogP contribution in [-0.2, 0) is 26.1 Å². The average molecular weight is 396 g/mol. The van der Waals surface area contributed by atoms with Gasteiger partial charge in [-0.25, -0.2) is 9.97 Å². The zero-order valence-electron chi connectivity index (χ0n) is 17.0. The zero-order valence-corrected chi connectivity index (χ0v) is 17.0. The number of allylic oxidation sites excluding steroid dienone is 1. The smallest absolute Gasteiger partial charge is 0.159 e. The van der Waals surface area contributed by atoms with Crippen LogP contribution < -0.4 is 5.73 Å². The molecule has 0 amide bonds. The second kappa shape index (κ2) is 7.76. The quantitative estimate of drug-likeness (QED) is 0.401. The summed E-state index contributed by atoms with van der Waals surface area (Å²) in [6.45, 7) is 7.51. The number of hydrogen-bond acceptors (Lipinski definition) is 4. The Morgan fingerprint density at radius 3 is 2.77 bits per heavy atom. The van der Waals surface area contributed by atoms with Crippen LogP contribution in [0.3, 0.4) is 0 Å².